The van der Waals surface area contributed by atoms with Crippen LogP contribution < -0.4 is 5.32 Å². The maximum Gasteiger partial charge on any atom is 0.242 e. The van der Waals surface area contributed by atoms with E-state index in [1.54, 1.807) is 4.68 Å². The van der Waals surface area contributed by atoms with Crippen molar-refractivity contribution < 1.29 is 4.79 Å². The van der Waals surface area contributed by atoms with Gasteiger partial charge in [-0.1, -0.05) is 78.9 Å². The van der Waals surface area contributed by atoms with Crippen molar-refractivity contribution in [2.45, 2.75) is 19.5 Å². The molecule has 0 unspecified atom stereocenters. The fraction of sp³-hybridized carbons (Fsp3) is 0.130. The molecule has 0 aliphatic rings. The number of hydrogen-bond acceptors (Lipinski definition) is 2. The van der Waals surface area contributed by atoms with E-state index < -0.39 is 0 Å². The molecule has 0 fully saturated rings. The molecule has 1 heterocycles. The Morgan fingerprint density at radius 2 is 1.56 bits per heavy atom. The van der Waals surface area contributed by atoms with Crippen molar-refractivity contribution in [3.05, 3.63) is 90.5 Å². The number of benzene rings is 3. The highest BCUT2D eigenvalue weighted by molar-refractivity contribution is 5.94. The highest BCUT2D eigenvalue weighted by Crippen LogP contribution is 2.27. The summed E-state index contributed by atoms with van der Waals surface area (Å²) in [6, 6.07) is 28.0. The smallest absolute Gasteiger partial charge is 0.242 e. The second kappa shape index (κ2) is 7.46. The molecule has 0 saturated heterocycles. The maximum atomic E-state index is 12.6. The van der Waals surface area contributed by atoms with E-state index in [2.05, 4.69) is 5.32 Å². The number of carbonyl (C=O) groups excluding carboxylic acids is 1. The Kier molecular flexibility index (Phi) is 4.71. The van der Waals surface area contributed by atoms with E-state index in [9.17, 15) is 4.79 Å². The SMILES string of the molecule is C[C@@H](NC(=O)Cn1nc(-c2ccccc2)c2ccccc21)c1ccccc1. The summed E-state index contributed by atoms with van der Waals surface area (Å²) in [5, 5.41) is 8.84. The zero-order valence-electron chi connectivity index (χ0n) is 15.2. The van der Waals surface area contributed by atoms with Crippen LogP contribution in [0.4, 0.5) is 0 Å². The molecular formula is C23H21N3O. The summed E-state index contributed by atoms with van der Waals surface area (Å²) in [5.74, 6) is -0.0563. The van der Waals surface area contributed by atoms with Gasteiger partial charge in [0.2, 0.25) is 5.91 Å². The number of nitrogens with one attached hydrogen (secondary N) is 1. The van der Waals surface area contributed by atoms with Gasteiger partial charge in [0.15, 0.2) is 0 Å². The van der Waals surface area contributed by atoms with Gasteiger partial charge in [0, 0.05) is 10.9 Å². The van der Waals surface area contributed by atoms with Gasteiger partial charge in [-0.3, -0.25) is 9.48 Å². The van der Waals surface area contributed by atoms with Gasteiger partial charge in [0.25, 0.3) is 0 Å². The summed E-state index contributed by atoms with van der Waals surface area (Å²) in [5.41, 5.74) is 3.99. The number of hydrogen-bond donors (Lipinski definition) is 1. The molecule has 1 amide bonds. The molecule has 3 aromatic carbocycles. The van der Waals surface area contributed by atoms with E-state index in [0.717, 1.165) is 27.7 Å². The average Bonchev–Trinajstić information content (AvgIpc) is 3.08. The number of nitrogens with zero attached hydrogens (tertiary/aromatic N) is 2. The highest BCUT2D eigenvalue weighted by atomic mass is 16.2. The lowest BCUT2D eigenvalue weighted by Crippen LogP contribution is -2.30. The molecule has 0 bridgehead atoms. The number of para-hydroxylation sites is 1. The third-order valence-electron chi connectivity index (χ3n) is 4.68. The van der Waals surface area contributed by atoms with Crippen molar-refractivity contribution in [2.24, 2.45) is 0 Å². The summed E-state index contributed by atoms with van der Waals surface area (Å²) in [4.78, 5) is 12.6. The molecule has 1 atom stereocenters. The van der Waals surface area contributed by atoms with Gasteiger partial charge in [-0.2, -0.15) is 5.10 Å². The number of carbonyl (C=O) groups is 1. The molecule has 0 radical (unpaired) electrons. The molecular weight excluding hydrogens is 334 g/mol. The van der Waals surface area contributed by atoms with Crippen molar-refractivity contribution in [2.75, 3.05) is 0 Å². The first-order chi connectivity index (χ1) is 13.2. The van der Waals surface area contributed by atoms with Crippen molar-refractivity contribution in [1.82, 2.24) is 15.1 Å². The average molecular weight is 355 g/mol. The van der Waals surface area contributed by atoms with Crippen molar-refractivity contribution in [3.63, 3.8) is 0 Å². The Morgan fingerprint density at radius 1 is 0.926 bits per heavy atom. The number of amides is 1. The zero-order valence-corrected chi connectivity index (χ0v) is 15.2. The van der Waals surface area contributed by atoms with Crippen LogP contribution in [0.15, 0.2) is 84.9 Å². The van der Waals surface area contributed by atoms with Gasteiger partial charge in [-0.25, -0.2) is 0 Å². The Labute approximate surface area is 158 Å². The number of fused-ring (bicyclic) bond motifs is 1. The number of aromatic nitrogens is 2. The van der Waals surface area contributed by atoms with Crippen LogP contribution in [0.1, 0.15) is 18.5 Å². The molecule has 0 spiro atoms. The summed E-state index contributed by atoms with van der Waals surface area (Å²) in [7, 11) is 0. The van der Waals surface area contributed by atoms with Gasteiger partial charge in [0.05, 0.1) is 11.6 Å². The molecule has 1 N–H and O–H groups in total. The Bertz CT molecular complexity index is 1050. The van der Waals surface area contributed by atoms with Crippen LogP contribution >= 0.6 is 0 Å². The Morgan fingerprint density at radius 3 is 2.30 bits per heavy atom. The molecule has 4 aromatic rings. The van der Waals surface area contributed by atoms with Gasteiger partial charge < -0.3 is 5.32 Å². The Hall–Kier alpha value is -3.40. The fourth-order valence-corrected chi connectivity index (χ4v) is 3.31. The van der Waals surface area contributed by atoms with Crippen molar-refractivity contribution in [1.29, 1.82) is 0 Å². The van der Waals surface area contributed by atoms with Gasteiger partial charge in [-0.15, -0.1) is 0 Å². The van der Waals surface area contributed by atoms with Crippen LogP contribution in [0.2, 0.25) is 0 Å². The second-order valence-corrected chi connectivity index (χ2v) is 6.59. The fourth-order valence-electron chi connectivity index (χ4n) is 3.31. The summed E-state index contributed by atoms with van der Waals surface area (Å²) < 4.78 is 1.78. The lowest BCUT2D eigenvalue weighted by Gasteiger charge is -2.14. The van der Waals surface area contributed by atoms with Crippen LogP contribution in [-0.2, 0) is 11.3 Å². The second-order valence-electron chi connectivity index (χ2n) is 6.59. The first-order valence-electron chi connectivity index (χ1n) is 9.07. The third-order valence-corrected chi connectivity index (χ3v) is 4.68. The van der Waals surface area contributed by atoms with E-state index in [4.69, 9.17) is 5.10 Å². The van der Waals surface area contributed by atoms with E-state index >= 15 is 0 Å². The monoisotopic (exact) mass is 355 g/mol. The maximum absolute atomic E-state index is 12.6. The standard InChI is InChI=1S/C23H21N3O/c1-17(18-10-4-2-5-11-18)24-22(27)16-26-21-15-9-8-14-20(21)23(25-26)19-12-6-3-7-13-19/h2-15,17H,16H2,1H3,(H,24,27)/t17-/m1/s1. The van der Waals surface area contributed by atoms with Crippen LogP contribution in [-0.4, -0.2) is 15.7 Å². The van der Waals surface area contributed by atoms with Crippen LogP contribution in [0.5, 0.6) is 0 Å². The molecule has 0 aliphatic carbocycles. The highest BCUT2D eigenvalue weighted by Gasteiger charge is 2.15. The minimum atomic E-state index is -0.0563. The minimum absolute atomic E-state index is 0.0471. The van der Waals surface area contributed by atoms with Crippen molar-refractivity contribution in [3.8, 4) is 11.3 Å². The van der Waals surface area contributed by atoms with Gasteiger partial charge >= 0.3 is 0 Å². The van der Waals surface area contributed by atoms with Crippen LogP contribution in [0, 0.1) is 0 Å². The predicted molar refractivity (Wildman–Crippen MR) is 108 cm³/mol. The van der Waals surface area contributed by atoms with Gasteiger partial charge in [0.1, 0.15) is 12.2 Å². The molecule has 4 rings (SSSR count). The molecule has 4 nitrogen and oxygen atoms in total. The Balaban J connectivity index is 1.60. The normalized spacial score (nSPS) is 12.0. The molecule has 4 heteroatoms. The molecule has 27 heavy (non-hydrogen) atoms. The van der Waals surface area contributed by atoms with E-state index in [1.165, 1.54) is 0 Å². The van der Waals surface area contributed by atoms with E-state index in [1.807, 2.05) is 91.9 Å². The van der Waals surface area contributed by atoms with E-state index in [0.29, 0.717) is 0 Å². The van der Waals surface area contributed by atoms with E-state index in [-0.39, 0.29) is 18.5 Å². The first kappa shape index (κ1) is 17.0. The zero-order chi connectivity index (χ0) is 18.6. The first-order valence-corrected chi connectivity index (χ1v) is 9.07. The molecule has 0 aliphatic heterocycles. The summed E-state index contributed by atoms with van der Waals surface area (Å²) >= 11 is 0. The van der Waals surface area contributed by atoms with Crippen molar-refractivity contribution >= 4 is 16.8 Å². The summed E-state index contributed by atoms with van der Waals surface area (Å²) in [6.45, 7) is 2.17. The predicted octanol–water partition coefficient (Wildman–Crippen LogP) is 4.58. The number of rotatable bonds is 5. The lowest BCUT2D eigenvalue weighted by atomic mass is 10.1. The minimum Gasteiger partial charge on any atom is -0.348 e. The topological polar surface area (TPSA) is 46.9 Å². The molecule has 0 saturated carbocycles. The summed E-state index contributed by atoms with van der Waals surface area (Å²) in [6.07, 6.45) is 0. The molecule has 134 valence electrons. The van der Waals surface area contributed by atoms with Crippen LogP contribution in [0.3, 0.4) is 0 Å². The van der Waals surface area contributed by atoms with Gasteiger partial charge in [-0.05, 0) is 18.6 Å². The largest absolute Gasteiger partial charge is 0.348 e. The lowest BCUT2D eigenvalue weighted by molar-refractivity contribution is -0.122. The van der Waals surface area contributed by atoms with Crippen LogP contribution in [0.25, 0.3) is 22.2 Å². The molecule has 1 aromatic heterocycles. The quantitative estimate of drug-likeness (QED) is 0.569. The third kappa shape index (κ3) is 3.60.